The van der Waals surface area contributed by atoms with Gasteiger partial charge >= 0.3 is 11.9 Å². The van der Waals surface area contributed by atoms with E-state index in [1.165, 1.54) is 0 Å². The zero-order valence-electron chi connectivity index (χ0n) is 7.93. The molecule has 1 aromatic rings. The number of carboxylic acid groups (broad SMARTS) is 2. The van der Waals surface area contributed by atoms with Crippen molar-refractivity contribution in [1.82, 2.24) is 10.2 Å². The van der Waals surface area contributed by atoms with E-state index >= 15 is 0 Å². The molecule has 8 nitrogen and oxygen atoms in total. The van der Waals surface area contributed by atoms with Gasteiger partial charge in [-0.1, -0.05) is 23.1 Å². The maximum Gasteiger partial charge on any atom is 0.317 e. The molecule has 17 heavy (non-hydrogen) atoms. The van der Waals surface area contributed by atoms with E-state index < -0.39 is 34.7 Å². The summed E-state index contributed by atoms with van der Waals surface area (Å²) in [6.07, 6.45) is -0.588. The van der Waals surface area contributed by atoms with Crippen molar-refractivity contribution in [3.05, 3.63) is 0 Å². The molecule has 94 valence electrons. The third-order valence-corrected chi connectivity index (χ3v) is 4.42. The predicted octanol–water partition coefficient (Wildman–Crippen LogP) is -0.204. The van der Waals surface area contributed by atoms with Gasteiger partial charge in [-0.2, -0.15) is 0 Å². The molecule has 2 unspecified atom stereocenters. The average molecular weight is 297 g/mol. The first-order chi connectivity index (χ1) is 7.90. The summed E-state index contributed by atoms with van der Waals surface area (Å²) in [4.78, 5) is 21.1. The van der Waals surface area contributed by atoms with Gasteiger partial charge in [0, 0.05) is 11.1 Å². The number of thioether (sulfide) groups is 1. The molecule has 0 saturated carbocycles. The lowest BCUT2D eigenvalue weighted by atomic mass is 10.3. The number of hydrogen-bond donors (Lipinski definition) is 2. The molecule has 0 bridgehead atoms. The van der Waals surface area contributed by atoms with Crippen LogP contribution in [0.5, 0.6) is 0 Å². The molecule has 1 aromatic heterocycles. The first kappa shape index (κ1) is 14.0. The highest BCUT2D eigenvalue weighted by Gasteiger charge is 2.24. The lowest BCUT2D eigenvalue weighted by molar-refractivity contribution is -0.142. The van der Waals surface area contributed by atoms with Gasteiger partial charge in [-0.25, -0.2) is 0 Å². The molecule has 0 amide bonds. The van der Waals surface area contributed by atoms with Gasteiger partial charge in [-0.15, -0.1) is 10.2 Å². The second kappa shape index (κ2) is 6.05. The molecule has 0 aromatic carbocycles. The lowest BCUT2D eigenvalue weighted by Gasteiger charge is -2.05. The van der Waals surface area contributed by atoms with Gasteiger partial charge in [-0.05, 0) is 0 Å². The van der Waals surface area contributed by atoms with Crippen LogP contribution >= 0.6 is 23.1 Å². The largest absolute Gasteiger partial charge is 0.767 e. The number of aromatic nitrogens is 2. The van der Waals surface area contributed by atoms with Crippen molar-refractivity contribution in [2.75, 3.05) is 0 Å². The molecule has 0 aliphatic carbocycles. The van der Waals surface area contributed by atoms with E-state index in [1.807, 2.05) is 0 Å². The van der Waals surface area contributed by atoms with Crippen molar-refractivity contribution in [2.24, 2.45) is 0 Å². The normalized spacial score (nSPS) is 14.2. The molecule has 0 aliphatic rings. The van der Waals surface area contributed by atoms with E-state index in [1.54, 1.807) is 0 Å². The Hall–Kier alpha value is -1.04. The number of hydrogen-bond acceptors (Lipinski definition) is 8. The summed E-state index contributed by atoms with van der Waals surface area (Å²) in [6.45, 7) is 0. The van der Waals surface area contributed by atoms with E-state index in [2.05, 4.69) is 10.2 Å². The number of nitrogens with zero attached hydrogens (tertiary/aromatic N) is 2. The second-order valence-corrected chi connectivity index (χ2v) is 6.15. The van der Waals surface area contributed by atoms with E-state index in [-0.39, 0.29) is 8.68 Å². The van der Waals surface area contributed by atoms with Crippen LogP contribution in [0.4, 0.5) is 0 Å². The van der Waals surface area contributed by atoms with Gasteiger partial charge < -0.3 is 14.8 Å². The molecule has 0 aliphatic heterocycles. The zero-order chi connectivity index (χ0) is 13.0. The Morgan fingerprint density at radius 2 is 2.12 bits per heavy atom. The van der Waals surface area contributed by atoms with Crippen LogP contribution in [0, 0.1) is 0 Å². The van der Waals surface area contributed by atoms with Crippen molar-refractivity contribution in [1.29, 1.82) is 0 Å². The number of carbonyl (C=O) groups is 2. The van der Waals surface area contributed by atoms with Gasteiger partial charge in [0.05, 0.1) is 6.42 Å². The summed E-state index contributed by atoms with van der Waals surface area (Å²) in [5.41, 5.74) is 0. The molecule has 0 spiro atoms. The molecular weight excluding hydrogens is 292 g/mol. The Balaban J connectivity index is 2.75. The highest BCUT2D eigenvalue weighted by atomic mass is 32.2. The van der Waals surface area contributed by atoms with Gasteiger partial charge in [0.15, 0.2) is 8.68 Å². The van der Waals surface area contributed by atoms with E-state index in [0.29, 0.717) is 23.1 Å². The Bertz CT molecular complexity index is 460. The monoisotopic (exact) mass is 297 g/mol. The summed E-state index contributed by atoms with van der Waals surface area (Å²) in [7, 11) is 0. The molecule has 0 saturated heterocycles. The van der Waals surface area contributed by atoms with E-state index in [9.17, 15) is 18.4 Å². The van der Waals surface area contributed by atoms with Gasteiger partial charge in [-0.3, -0.25) is 13.8 Å². The van der Waals surface area contributed by atoms with E-state index in [4.69, 9.17) is 10.2 Å². The Kier molecular flexibility index (Phi) is 4.99. The SMILES string of the molecule is O=C(O)CC(Sc1nnc(S(=O)[O-])s1)C(=O)O. The van der Waals surface area contributed by atoms with Crippen molar-refractivity contribution in [3.63, 3.8) is 0 Å². The number of rotatable bonds is 6. The minimum atomic E-state index is -2.53. The first-order valence-electron chi connectivity index (χ1n) is 3.94. The molecule has 2 atom stereocenters. The van der Waals surface area contributed by atoms with E-state index in [0.717, 1.165) is 0 Å². The fourth-order valence-corrected chi connectivity index (χ4v) is 3.30. The van der Waals surface area contributed by atoms with Crippen LogP contribution in [0.3, 0.4) is 0 Å². The number of carboxylic acids is 2. The topological polar surface area (TPSA) is 141 Å². The summed E-state index contributed by atoms with van der Waals surface area (Å²) in [6, 6.07) is 0. The summed E-state index contributed by atoms with van der Waals surface area (Å²) in [5, 5.41) is 22.8. The molecule has 11 heteroatoms. The Morgan fingerprint density at radius 1 is 1.47 bits per heavy atom. The van der Waals surface area contributed by atoms with Crippen molar-refractivity contribution in [3.8, 4) is 0 Å². The second-order valence-electron chi connectivity index (χ2n) is 2.61. The third-order valence-electron chi connectivity index (χ3n) is 1.41. The smallest absolute Gasteiger partial charge is 0.317 e. The maximum atomic E-state index is 10.7. The van der Waals surface area contributed by atoms with Gasteiger partial charge in [0.2, 0.25) is 0 Å². The lowest BCUT2D eigenvalue weighted by Crippen LogP contribution is -2.20. The molecule has 0 radical (unpaired) electrons. The highest BCUT2D eigenvalue weighted by Crippen LogP contribution is 2.29. The van der Waals surface area contributed by atoms with Crippen LogP contribution in [0.1, 0.15) is 6.42 Å². The van der Waals surface area contributed by atoms with Crippen molar-refractivity contribution in [2.45, 2.75) is 20.4 Å². The Morgan fingerprint density at radius 3 is 2.53 bits per heavy atom. The molecular formula is C6H5N2O6S3-. The van der Waals surface area contributed by atoms with Crippen molar-refractivity contribution >= 4 is 46.1 Å². The van der Waals surface area contributed by atoms with Gasteiger partial charge in [0.25, 0.3) is 0 Å². The van der Waals surface area contributed by atoms with Gasteiger partial charge in [0.1, 0.15) is 5.25 Å². The van der Waals surface area contributed by atoms with Crippen LogP contribution in [-0.4, -0.2) is 46.4 Å². The molecule has 1 rings (SSSR count). The summed E-state index contributed by atoms with van der Waals surface area (Å²) < 4.78 is 20.8. The van der Waals surface area contributed by atoms with Crippen LogP contribution in [0.15, 0.2) is 8.68 Å². The Labute approximate surface area is 105 Å². The van der Waals surface area contributed by atoms with Crippen LogP contribution in [0.2, 0.25) is 0 Å². The molecule has 0 fully saturated rings. The predicted molar refractivity (Wildman–Crippen MR) is 56.6 cm³/mol. The van der Waals surface area contributed by atoms with Crippen molar-refractivity contribution < 1.29 is 28.6 Å². The van der Waals surface area contributed by atoms with Crippen LogP contribution in [-0.2, 0) is 20.7 Å². The quantitative estimate of drug-likeness (QED) is 0.539. The molecule has 1 heterocycles. The fourth-order valence-electron chi connectivity index (χ4n) is 0.772. The summed E-state index contributed by atoms with van der Waals surface area (Å²) in [5.74, 6) is -2.57. The third kappa shape index (κ3) is 4.38. The fraction of sp³-hybridized carbons (Fsp3) is 0.333. The van der Waals surface area contributed by atoms with Crippen LogP contribution in [0.25, 0.3) is 0 Å². The zero-order valence-corrected chi connectivity index (χ0v) is 10.4. The van der Waals surface area contributed by atoms with Crippen LogP contribution < -0.4 is 0 Å². The maximum absolute atomic E-state index is 10.7. The first-order valence-corrected chi connectivity index (χ1v) is 6.71. The minimum Gasteiger partial charge on any atom is -0.767 e. The summed E-state index contributed by atoms with van der Waals surface area (Å²) >= 11 is -1.19. The molecule has 2 N–H and O–H groups in total. The standard InChI is InChI=1S/C6H6N2O6S3/c9-3(10)1-2(4(11)12)15-5-7-8-6(16-5)17(13)14/h2H,1H2,(H,9,10)(H,11,12)(H,13,14)/p-1. The number of aliphatic carboxylic acids is 2. The highest BCUT2D eigenvalue weighted by molar-refractivity contribution is 8.02. The average Bonchev–Trinajstić information content (AvgIpc) is 2.64. The minimum absolute atomic E-state index is 0.0952.